The highest BCUT2D eigenvalue weighted by Gasteiger charge is 2.06. The first-order valence-electron chi connectivity index (χ1n) is 4.48. The van der Waals surface area contributed by atoms with Crippen molar-refractivity contribution in [3.05, 3.63) is 27.9 Å². The zero-order chi connectivity index (χ0) is 9.97. The van der Waals surface area contributed by atoms with Crippen molar-refractivity contribution in [1.82, 2.24) is 4.98 Å². The summed E-state index contributed by atoms with van der Waals surface area (Å²) in [6.45, 7) is 2.00. The van der Waals surface area contributed by atoms with Crippen molar-refractivity contribution in [1.29, 1.82) is 0 Å². The molecule has 74 valence electrons. The molecule has 2 N–H and O–H groups in total. The van der Waals surface area contributed by atoms with Gasteiger partial charge in [-0.1, -0.05) is 0 Å². The lowest BCUT2D eigenvalue weighted by Crippen LogP contribution is -2.17. The zero-order valence-corrected chi connectivity index (χ0v) is 9.57. The van der Waals surface area contributed by atoms with Gasteiger partial charge < -0.3 is 5.73 Å². The summed E-state index contributed by atoms with van der Waals surface area (Å²) in [7, 11) is 0. The molecule has 0 saturated heterocycles. The number of aromatic nitrogens is 1. The minimum atomic E-state index is 0.187. The molecular formula is C10H12N2S2. The van der Waals surface area contributed by atoms with Crippen LogP contribution in [0.15, 0.2) is 22.2 Å². The predicted octanol–water partition coefficient (Wildman–Crippen LogP) is 2.76. The second kappa shape index (κ2) is 4.21. The van der Waals surface area contributed by atoms with Gasteiger partial charge in [0.1, 0.15) is 5.01 Å². The minimum Gasteiger partial charge on any atom is -0.328 e. The number of hydrogen-bond acceptors (Lipinski definition) is 4. The molecule has 2 aromatic heterocycles. The molecule has 2 rings (SSSR count). The standard InChI is InChI=1S/C10H12N2S2/c1-7(11)4-9-6-14-10(12-9)8-2-3-13-5-8/h2-3,5-7H,4,11H2,1H3. The molecule has 14 heavy (non-hydrogen) atoms. The molecule has 0 aliphatic carbocycles. The van der Waals surface area contributed by atoms with E-state index in [1.165, 1.54) is 5.56 Å². The molecule has 0 fully saturated rings. The van der Waals surface area contributed by atoms with E-state index in [-0.39, 0.29) is 6.04 Å². The fourth-order valence-corrected chi connectivity index (χ4v) is 2.79. The van der Waals surface area contributed by atoms with Crippen molar-refractivity contribution in [2.75, 3.05) is 0 Å². The number of nitrogens with zero attached hydrogens (tertiary/aromatic N) is 1. The summed E-state index contributed by atoms with van der Waals surface area (Å²) < 4.78 is 0. The highest BCUT2D eigenvalue weighted by Crippen LogP contribution is 2.25. The van der Waals surface area contributed by atoms with Crippen LogP contribution in [0.5, 0.6) is 0 Å². The van der Waals surface area contributed by atoms with Crippen LogP contribution in [0.25, 0.3) is 10.6 Å². The Balaban J connectivity index is 2.18. The maximum absolute atomic E-state index is 5.72. The van der Waals surface area contributed by atoms with Gasteiger partial charge in [-0.15, -0.1) is 11.3 Å². The molecule has 0 aliphatic rings. The highest BCUT2D eigenvalue weighted by molar-refractivity contribution is 7.14. The molecule has 0 spiro atoms. The van der Waals surface area contributed by atoms with Crippen molar-refractivity contribution < 1.29 is 0 Å². The van der Waals surface area contributed by atoms with Gasteiger partial charge in [-0.05, 0) is 18.4 Å². The molecule has 0 aromatic carbocycles. The maximum atomic E-state index is 5.72. The van der Waals surface area contributed by atoms with Gasteiger partial charge in [-0.3, -0.25) is 0 Å². The Morgan fingerprint density at radius 2 is 2.36 bits per heavy atom. The minimum absolute atomic E-state index is 0.187. The van der Waals surface area contributed by atoms with Crippen LogP contribution in [-0.4, -0.2) is 11.0 Å². The molecule has 0 aliphatic heterocycles. The van der Waals surface area contributed by atoms with E-state index in [9.17, 15) is 0 Å². The van der Waals surface area contributed by atoms with Gasteiger partial charge in [0.05, 0.1) is 5.69 Å². The van der Waals surface area contributed by atoms with Crippen LogP contribution in [-0.2, 0) is 6.42 Å². The topological polar surface area (TPSA) is 38.9 Å². The van der Waals surface area contributed by atoms with E-state index in [4.69, 9.17) is 5.73 Å². The van der Waals surface area contributed by atoms with Crippen LogP contribution >= 0.6 is 22.7 Å². The molecule has 0 amide bonds. The number of nitrogens with two attached hydrogens (primary N) is 1. The van der Waals surface area contributed by atoms with Crippen LogP contribution in [0.3, 0.4) is 0 Å². The van der Waals surface area contributed by atoms with E-state index < -0.39 is 0 Å². The monoisotopic (exact) mass is 224 g/mol. The second-order valence-electron chi connectivity index (χ2n) is 3.34. The Bertz CT molecular complexity index is 390. The summed E-state index contributed by atoms with van der Waals surface area (Å²) >= 11 is 3.39. The Morgan fingerprint density at radius 3 is 3.00 bits per heavy atom. The third kappa shape index (κ3) is 2.20. The molecule has 0 saturated carbocycles. The van der Waals surface area contributed by atoms with Gasteiger partial charge in [0.15, 0.2) is 0 Å². The molecule has 0 radical (unpaired) electrons. The second-order valence-corrected chi connectivity index (χ2v) is 4.98. The average molecular weight is 224 g/mol. The van der Waals surface area contributed by atoms with E-state index in [0.29, 0.717) is 0 Å². The first-order valence-corrected chi connectivity index (χ1v) is 6.30. The van der Waals surface area contributed by atoms with E-state index >= 15 is 0 Å². The molecule has 2 nitrogen and oxygen atoms in total. The Labute approximate surface area is 91.4 Å². The van der Waals surface area contributed by atoms with Crippen LogP contribution < -0.4 is 5.73 Å². The van der Waals surface area contributed by atoms with Gasteiger partial charge in [0, 0.05) is 28.8 Å². The van der Waals surface area contributed by atoms with Gasteiger partial charge in [0.2, 0.25) is 0 Å². The SMILES string of the molecule is CC(N)Cc1csc(-c2ccsc2)n1. The first kappa shape index (κ1) is 9.83. The third-order valence-corrected chi connectivity index (χ3v) is 3.47. The summed E-state index contributed by atoms with van der Waals surface area (Å²) in [6.07, 6.45) is 0.862. The smallest absolute Gasteiger partial charge is 0.124 e. The predicted molar refractivity (Wildman–Crippen MR) is 62.8 cm³/mol. The summed E-state index contributed by atoms with van der Waals surface area (Å²) in [5, 5.41) is 7.38. The first-order chi connectivity index (χ1) is 6.75. The van der Waals surface area contributed by atoms with Gasteiger partial charge in [-0.25, -0.2) is 4.98 Å². The molecule has 2 heterocycles. The van der Waals surface area contributed by atoms with Crippen LogP contribution in [0, 0.1) is 0 Å². The Kier molecular flexibility index (Phi) is 2.96. The quantitative estimate of drug-likeness (QED) is 0.870. The van der Waals surface area contributed by atoms with Crippen molar-refractivity contribution in [2.24, 2.45) is 5.73 Å². The number of thiophene rings is 1. The van der Waals surface area contributed by atoms with Crippen molar-refractivity contribution >= 4 is 22.7 Å². The number of thiazole rings is 1. The van der Waals surface area contributed by atoms with Crippen molar-refractivity contribution in [2.45, 2.75) is 19.4 Å². The maximum Gasteiger partial charge on any atom is 0.124 e. The van der Waals surface area contributed by atoms with Gasteiger partial charge >= 0.3 is 0 Å². The highest BCUT2D eigenvalue weighted by atomic mass is 32.1. The lowest BCUT2D eigenvalue weighted by Gasteiger charge is -1.99. The summed E-state index contributed by atoms with van der Waals surface area (Å²) in [6, 6.07) is 2.28. The van der Waals surface area contributed by atoms with Crippen LogP contribution in [0.4, 0.5) is 0 Å². The zero-order valence-electron chi connectivity index (χ0n) is 7.93. The third-order valence-electron chi connectivity index (χ3n) is 1.85. The number of hydrogen-bond donors (Lipinski definition) is 1. The van der Waals surface area contributed by atoms with Gasteiger partial charge in [-0.2, -0.15) is 11.3 Å². The molecule has 1 atom stereocenters. The van der Waals surface area contributed by atoms with Crippen molar-refractivity contribution in [3.63, 3.8) is 0 Å². The number of rotatable bonds is 3. The van der Waals surface area contributed by atoms with E-state index in [2.05, 4.69) is 27.2 Å². The molecule has 2 aromatic rings. The molecule has 1 unspecified atom stereocenters. The largest absolute Gasteiger partial charge is 0.328 e. The Morgan fingerprint density at radius 1 is 1.50 bits per heavy atom. The molecular weight excluding hydrogens is 212 g/mol. The van der Waals surface area contributed by atoms with Crippen LogP contribution in [0.2, 0.25) is 0 Å². The van der Waals surface area contributed by atoms with E-state index in [1.807, 2.05) is 6.92 Å². The normalized spacial score (nSPS) is 13.0. The lowest BCUT2D eigenvalue weighted by molar-refractivity contribution is 0.726. The molecule has 0 bridgehead atoms. The summed E-state index contributed by atoms with van der Waals surface area (Å²) in [5.74, 6) is 0. The fourth-order valence-electron chi connectivity index (χ4n) is 1.25. The Hall–Kier alpha value is -0.710. The lowest BCUT2D eigenvalue weighted by atomic mass is 10.2. The van der Waals surface area contributed by atoms with Crippen LogP contribution in [0.1, 0.15) is 12.6 Å². The van der Waals surface area contributed by atoms with E-state index in [1.54, 1.807) is 22.7 Å². The van der Waals surface area contributed by atoms with E-state index in [0.717, 1.165) is 17.1 Å². The fraction of sp³-hybridized carbons (Fsp3) is 0.300. The summed E-state index contributed by atoms with van der Waals surface area (Å²) in [5.41, 5.74) is 8.04. The average Bonchev–Trinajstić information content (AvgIpc) is 2.69. The summed E-state index contributed by atoms with van der Waals surface area (Å²) in [4.78, 5) is 4.54. The van der Waals surface area contributed by atoms with Crippen molar-refractivity contribution in [3.8, 4) is 10.6 Å². The molecule has 4 heteroatoms. The van der Waals surface area contributed by atoms with Gasteiger partial charge in [0.25, 0.3) is 0 Å².